The van der Waals surface area contributed by atoms with Gasteiger partial charge in [-0.15, -0.1) is 0 Å². The lowest BCUT2D eigenvalue weighted by molar-refractivity contribution is -0.182. The molecule has 0 atom stereocenters. The minimum Gasteiger partial charge on any atom is -0.398 e. The number of amides is 1. The third-order valence-electron chi connectivity index (χ3n) is 5.15. The number of hydrogen-bond donors (Lipinski definition) is 2. The highest BCUT2D eigenvalue weighted by Gasteiger charge is 2.41. The molecule has 1 amide bonds. The number of nitrogens with zero attached hydrogens (tertiary/aromatic N) is 1. The van der Waals surface area contributed by atoms with Gasteiger partial charge in [-0.2, -0.15) is 13.2 Å². The number of alkyl halides is 3. The maximum absolute atomic E-state index is 12.9. The molecule has 1 aromatic carbocycles. The second-order valence-electron chi connectivity index (χ2n) is 6.96. The molecular weight excluding hydrogens is 367 g/mol. The molecule has 1 aromatic rings. The van der Waals surface area contributed by atoms with Crippen LogP contribution in [0.3, 0.4) is 0 Å². The Bertz CT molecular complexity index is 761. The molecular formula is C21H26F3N3O. The normalized spacial score (nSPS) is 20.9. The highest BCUT2D eigenvalue weighted by molar-refractivity contribution is 5.87. The topological polar surface area (TPSA) is 67.5 Å². The van der Waals surface area contributed by atoms with Gasteiger partial charge < -0.3 is 11.1 Å². The van der Waals surface area contributed by atoms with Gasteiger partial charge >= 0.3 is 6.18 Å². The summed E-state index contributed by atoms with van der Waals surface area (Å²) >= 11 is 0. The summed E-state index contributed by atoms with van der Waals surface area (Å²) in [6, 6.07) is 5.70. The Morgan fingerprint density at radius 3 is 2.57 bits per heavy atom. The Labute approximate surface area is 163 Å². The molecule has 2 rings (SSSR count). The number of nitrogens with one attached hydrogen (secondary N) is 1. The number of rotatable bonds is 6. The molecule has 152 valence electrons. The molecule has 1 saturated carbocycles. The summed E-state index contributed by atoms with van der Waals surface area (Å²) in [5.74, 6) is -1.43. The van der Waals surface area contributed by atoms with Crippen LogP contribution in [0.1, 0.15) is 48.3 Å². The standard InChI is InChI=1S/C21H26F3N3O/c1-3-20(28)27-13-16-5-4-15(12-18(16)19(25)10-11-26-2)14-6-8-17(9-7-14)21(22,23)24/h3-5,10-12,14,17H,1,6-9,13,25H2,2H3,(H,27,28). The van der Waals surface area contributed by atoms with E-state index < -0.39 is 12.1 Å². The minimum atomic E-state index is -4.12. The number of aliphatic imine (C=N–C) groups is 1. The van der Waals surface area contributed by atoms with E-state index in [1.165, 1.54) is 6.08 Å². The van der Waals surface area contributed by atoms with E-state index in [9.17, 15) is 18.0 Å². The van der Waals surface area contributed by atoms with Crippen LogP contribution in [-0.2, 0) is 11.3 Å². The molecule has 0 aromatic heterocycles. The van der Waals surface area contributed by atoms with E-state index >= 15 is 0 Å². The summed E-state index contributed by atoms with van der Waals surface area (Å²) in [4.78, 5) is 15.4. The first-order chi connectivity index (χ1) is 13.3. The third-order valence-corrected chi connectivity index (χ3v) is 5.15. The van der Waals surface area contributed by atoms with E-state index in [4.69, 9.17) is 5.73 Å². The Balaban J connectivity index is 2.25. The zero-order valence-corrected chi connectivity index (χ0v) is 15.9. The van der Waals surface area contributed by atoms with Gasteiger partial charge in [0, 0.05) is 31.1 Å². The molecule has 0 heterocycles. The summed E-state index contributed by atoms with van der Waals surface area (Å²) in [7, 11) is 1.63. The average Bonchev–Trinajstić information content (AvgIpc) is 2.69. The first-order valence-electron chi connectivity index (χ1n) is 9.24. The van der Waals surface area contributed by atoms with Gasteiger partial charge in [0.05, 0.1) is 5.92 Å². The van der Waals surface area contributed by atoms with Gasteiger partial charge in [0.1, 0.15) is 0 Å². The average molecular weight is 393 g/mol. The number of nitrogens with two attached hydrogens (primary N) is 1. The molecule has 7 heteroatoms. The Kier molecular flexibility index (Phi) is 7.43. The lowest BCUT2D eigenvalue weighted by atomic mass is 9.78. The van der Waals surface area contributed by atoms with Gasteiger partial charge in [0.15, 0.2) is 0 Å². The van der Waals surface area contributed by atoms with Crippen molar-refractivity contribution in [1.29, 1.82) is 0 Å². The quantitative estimate of drug-likeness (QED) is 0.558. The molecule has 4 nitrogen and oxygen atoms in total. The zero-order valence-electron chi connectivity index (χ0n) is 15.9. The molecule has 0 aliphatic heterocycles. The van der Waals surface area contributed by atoms with Gasteiger partial charge in [-0.3, -0.25) is 9.79 Å². The lowest BCUT2D eigenvalue weighted by Gasteiger charge is -2.30. The van der Waals surface area contributed by atoms with Crippen LogP contribution < -0.4 is 11.1 Å². The predicted molar refractivity (Wildman–Crippen MR) is 106 cm³/mol. The van der Waals surface area contributed by atoms with Crippen LogP contribution in [0.5, 0.6) is 0 Å². The van der Waals surface area contributed by atoms with Gasteiger partial charge in [-0.1, -0.05) is 18.7 Å². The van der Waals surface area contributed by atoms with Crippen molar-refractivity contribution in [3.63, 3.8) is 0 Å². The van der Waals surface area contributed by atoms with E-state index in [0.717, 1.165) is 16.7 Å². The van der Waals surface area contributed by atoms with Gasteiger partial charge in [-0.05, 0) is 60.9 Å². The summed E-state index contributed by atoms with van der Waals surface area (Å²) in [5.41, 5.74) is 9.21. The minimum absolute atomic E-state index is 0.0711. The van der Waals surface area contributed by atoms with Crippen molar-refractivity contribution in [1.82, 2.24) is 5.32 Å². The number of hydrogen-bond acceptors (Lipinski definition) is 3. The zero-order chi connectivity index (χ0) is 20.7. The van der Waals surface area contributed by atoms with Crippen molar-refractivity contribution in [3.8, 4) is 0 Å². The smallest absolute Gasteiger partial charge is 0.391 e. The summed E-state index contributed by atoms with van der Waals surface area (Å²) in [5, 5.41) is 2.72. The number of allylic oxidation sites excluding steroid dienone is 1. The third kappa shape index (κ3) is 5.71. The van der Waals surface area contributed by atoms with E-state index in [1.54, 1.807) is 19.3 Å². The van der Waals surface area contributed by atoms with E-state index in [-0.39, 0.29) is 31.2 Å². The van der Waals surface area contributed by atoms with Crippen LogP contribution in [0.4, 0.5) is 13.2 Å². The molecule has 0 saturated heterocycles. The van der Waals surface area contributed by atoms with Crippen LogP contribution in [0.2, 0.25) is 0 Å². The van der Waals surface area contributed by atoms with Crippen molar-refractivity contribution in [2.45, 2.75) is 44.3 Å². The number of carbonyl (C=O) groups is 1. The Hall–Kier alpha value is -2.57. The van der Waals surface area contributed by atoms with Crippen LogP contribution in [0.25, 0.3) is 5.70 Å². The van der Waals surface area contributed by atoms with Crippen LogP contribution in [-0.4, -0.2) is 25.3 Å². The maximum atomic E-state index is 12.9. The molecule has 3 N–H and O–H groups in total. The SMILES string of the molecule is C=CC(=O)NCc1ccc(C2CCC(C(F)(F)F)CC2)cc1C(N)=CC=NC. The summed E-state index contributed by atoms with van der Waals surface area (Å²) in [6.07, 6.45) is 1.60. The van der Waals surface area contributed by atoms with Crippen LogP contribution in [0.15, 0.2) is 41.9 Å². The van der Waals surface area contributed by atoms with Crippen LogP contribution >= 0.6 is 0 Å². The lowest BCUT2D eigenvalue weighted by Crippen LogP contribution is -2.27. The Morgan fingerprint density at radius 2 is 2.00 bits per heavy atom. The fourth-order valence-corrected chi connectivity index (χ4v) is 3.52. The monoisotopic (exact) mass is 393 g/mol. The molecule has 28 heavy (non-hydrogen) atoms. The highest BCUT2D eigenvalue weighted by atomic mass is 19.4. The van der Waals surface area contributed by atoms with Crippen molar-refractivity contribution < 1.29 is 18.0 Å². The largest absolute Gasteiger partial charge is 0.398 e. The van der Waals surface area contributed by atoms with Crippen molar-refractivity contribution in [3.05, 3.63) is 53.6 Å². The molecule has 0 radical (unpaired) electrons. The molecule has 0 bridgehead atoms. The second-order valence-corrected chi connectivity index (χ2v) is 6.96. The van der Waals surface area contributed by atoms with Crippen molar-refractivity contribution in [2.24, 2.45) is 16.6 Å². The predicted octanol–water partition coefficient (Wildman–Crippen LogP) is 4.33. The van der Waals surface area contributed by atoms with E-state index in [1.807, 2.05) is 18.2 Å². The molecule has 1 fully saturated rings. The first kappa shape index (κ1) is 21.7. The fraction of sp³-hybridized carbons (Fsp3) is 0.429. The van der Waals surface area contributed by atoms with E-state index in [2.05, 4.69) is 16.9 Å². The maximum Gasteiger partial charge on any atom is 0.391 e. The van der Waals surface area contributed by atoms with E-state index in [0.29, 0.717) is 18.5 Å². The molecule has 1 aliphatic carbocycles. The number of carbonyl (C=O) groups excluding carboxylic acids is 1. The number of halogens is 3. The van der Waals surface area contributed by atoms with Crippen LogP contribution in [0, 0.1) is 5.92 Å². The number of benzene rings is 1. The second kappa shape index (κ2) is 9.57. The molecule has 1 aliphatic rings. The van der Waals surface area contributed by atoms with Gasteiger partial charge in [0.2, 0.25) is 5.91 Å². The summed E-state index contributed by atoms with van der Waals surface area (Å²) < 4.78 is 38.7. The van der Waals surface area contributed by atoms with Gasteiger partial charge in [0.25, 0.3) is 0 Å². The molecule has 0 unspecified atom stereocenters. The Morgan fingerprint density at radius 1 is 1.32 bits per heavy atom. The molecule has 0 spiro atoms. The first-order valence-corrected chi connectivity index (χ1v) is 9.24. The van der Waals surface area contributed by atoms with Crippen molar-refractivity contribution >= 4 is 17.8 Å². The summed E-state index contributed by atoms with van der Waals surface area (Å²) in [6.45, 7) is 3.70. The fourth-order valence-electron chi connectivity index (χ4n) is 3.52. The highest BCUT2D eigenvalue weighted by Crippen LogP contribution is 2.43. The van der Waals surface area contributed by atoms with Crippen molar-refractivity contribution in [2.75, 3.05) is 7.05 Å². The van der Waals surface area contributed by atoms with Gasteiger partial charge in [-0.25, -0.2) is 0 Å².